The van der Waals surface area contributed by atoms with E-state index in [1.807, 2.05) is 42.5 Å². The quantitative estimate of drug-likeness (QED) is 0.273. The molecule has 0 aliphatic rings. The minimum absolute atomic E-state index is 0. The monoisotopic (exact) mass is 510 g/mol. The van der Waals surface area contributed by atoms with E-state index in [4.69, 9.17) is 4.74 Å². The number of nitrogens with one attached hydrogen (secondary N) is 3. The second kappa shape index (κ2) is 13.9. The van der Waals surface area contributed by atoms with E-state index in [2.05, 4.69) is 40.0 Å². The maximum atomic E-state index is 11.2. The summed E-state index contributed by atoms with van der Waals surface area (Å²) in [5, 5.41) is 9.40. The molecule has 0 heterocycles. The van der Waals surface area contributed by atoms with Crippen molar-refractivity contribution in [1.82, 2.24) is 10.6 Å². The van der Waals surface area contributed by atoms with Crippen molar-refractivity contribution < 1.29 is 9.53 Å². The van der Waals surface area contributed by atoms with Gasteiger partial charge in [0.2, 0.25) is 5.91 Å². The number of rotatable bonds is 9. The molecule has 3 N–H and O–H groups in total. The largest absolute Gasteiger partial charge is 0.376 e. The van der Waals surface area contributed by atoms with Gasteiger partial charge >= 0.3 is 0 Å². The average molecular weight is 510 g/mol. The third-order valence-electron chi connectivity index (χ3n) is 4.06. The van der Waals surface area contributed by atoms with Crippen LogP contribution in [0.3, 0.4) is 0 Å². The van der Waals surface area contributed by atoms with E-state index in [9.17, 15) is 4.79 Å². The summed E-state index contributed by atoms with van der Waals surface area (Å²) in [5.74, 6) is 1.01. The van der Waals surface area contributed by atoms with Crippen LogP contribution in [0, 0.1) is 5.92 Å². The Morgan fingerprint density at radius 2 is 1.79 bits per heavy atom. The second-order valence-corrected chi connectivity index (χ2v) is 6.79. The summed E-state index contributed by atoms with van der Waals surface area (Å²) in [6, 6.07) is 17.9. The zero-order chi connectivity index (χ0) is 20.2. The number of anilines is 1. The lowest BCUT2D eigenvalue weighted by Crippen LogP contribution is -2.39. The number of guanidine groups is 1. The van der Waals surface area contributed by atoms with Crippen molar-refractivity contribution in [3.05, 3.63) is 65.7 Å². The zero-order valence-corrected chi connectivity index (χ0v) is 19.6. The van der Waals surface area contributed by atoms with Crippen molar-refractivity contribution in [2.45, 2.75) is 27.0 Å². The molecule has 1 unspecified atom stereocenters. The van der Waals surface area contributed by atoms with Crippen molar-refractivity contribution in [1.29, 1.82) is 0 Å². The molecule has 29 heavy (non-hydrogen) atoms. The number of halogens is 1. The molecule has 2 aromatic rings. The molecule has 0 aromatic heterocycles. The number of hydrogen-bond acceptors (Lipinski definition) is 3. The van der Waals surface area contributed by atoms with Gasteiger partial charge in [-0.15, -0.1) is 24.0 Å². The van der Waals surface area contributed by atoms with Gasteiger partial charge in [0.05, 0.1) is 13.2 Å². The van der Waals surface area contributed by atoms with Crippen LogP contribution in [0.4, 0.5) is 5.69 Å². The highest BCUT2D eigenvalue weighted by Gasteiger charge is 2.05. The Morgan fingerprint density at radius 1 is 1.07 bits per heavy atom. The van der Waals surface area contributed by atoms with Crippen LogP contribution in [0.15, 0.2) is 59.6 Å². The molecule has 0 saturated heterocycles. The van der Waals surface area contributed by atoms with Gasteiger partial charge in [-0.25, -0.2) is 0 Å². The van der Waals surface area contributed by atoms with Crippen molar-refractivity contribution in [3.63, 3.8) is 0 Å². The Hall–Kier alpha value is -2.13. The third-order valence-corrected chi connectivity index (χ3v) is 4.06. The molecule has 0 saturated carbocycles. The van der Waals surface area contributed by atoms with Crippen LogP contribution in [0.25, 0.3) is 0 Å². The molecule has 0 bridgehead atoms. The van der Waals surface area contributed by atoms with Gasteiger partial charge in [-0.05, 0) is 29.2 Å². The molecule has 6 nitrogen and oxygen atoms in total. The van der Waals surface area contributed by atoms with E-state index < -0.39 is 0 Å². The van der Waals surface area contributed by atoms with Gasteiger partial charge in [0.25, 0.3) is 0 Å². The summed E-state index contributed by atoms with van der Waals surface area (Å²) >= 11 is 0. The Balaban J connectivity index is 0.00000420. The lowest BCUT2D eigenvalue weighted by atomic mass is 10.2. The van der Waals surface area contributed by atoms with Gasteiger partial charge in [-0.2, -0.15) is 0 Å². The van der Waals surface area contributed by atoms with Crippen LogP contribution in [0.1, 0.15) is 25.0 Å². The molecule has 0 aliphatic heterocycles. The molecule has 0 aliphatic carbocycles. The maximum Gasteiger partial charge on any atom is 0.221 e. The van der Waals surface area contributed by atoms with Gasteiger partial charge in [0.15, 0.2) is 5.96 Å². The number of hydrogen-bond donors (Lipinski definition) is 3. The number of benzene rings is 2. The molecule has 2 rings (SSSR count). The molecule has 1 amide bonds. The van der Waals surface area contributed by atoms with E-state index >= 15 is 0 Å². The van der Waals surface area contributed by atoms with Crippen LogP contribution in [-0.2, 0) is 22.7 Å². The highest BCUT2D eigenvalue weighted by atomic mass is 127. The first-order valence-corrected chi connectivity index (χ1v) is 9.49. The van der Waals surface area contributed by atoms with Gasteiger partial charge in [-0.1, -0.05) is 49.4 Å². The summed E-state index contributed by atoms with van der Waals surface area (Å²) in [4.78, 5) is 15.4. The summed E-state index contributed by atoms with van der Waals surface area (Å²) in [7, 11) is 1.75. The van der Waals surface area contributed by atoms with E-state index in [1.165, 1.54) is 12.5 Å². The van der Waals surface area contributed by atoms with E-state index in [0.717, 1.165) is 23.8 Å². The molecular formula is C22H31IN4O2. The number of carbonyl (C=O) groups is 1. The van der Waals surface area contributed by atoms with Crippen LogP contribution < -0.4 is 16.0 Å². The van der Waals surface area contributed by atoms with Crippen molar-refractivity contribution >= 4 is 41.5 Å². The third kappa shape index (κ3) is 10.3. The normalized spacial score (nSPS) is 11.9. The molecule has 7 heteroatoms. The minimum atomic E-state index is -0.0777. The number of nitrogens with zero attached hydrogens (tertiary/aromatic N) is 1. The number of amides is 1. The SMILES string of the molecule is CN=C(NCc1cccc(NC(C)=O)c1)NCC(C)COCc1ccccc1.I. The lowest BCUT2D eigenvalue weighted by molar-refractivity contribution is -0.114. The summed E-state index contributed by atoms with van der Waals surface area (Å²) in [5.41, 5.74) is 3.04. The summed E-state index contributed by atoms with van der Waals surface area (Å²) < 4.78 is 5.79. The summed E-state index contributed by atoms with van der Waals surface area (Å²) in [6.45, 7) is 6.33. The molecular weight excluding hydrogens is 479 g/mol. The lowest BCUT2D eigenvalue weighted by Gasteiger charge is -2.16. The van der Waals surface area contributed by atoms with Gasteiger partial charge in [0, 0.05) is 32.7 Å². The predicted molar refractivity (Wildman–Crippen MR) is 130 cm³/mol. The van der Waals surface area contributed by atoms with Crippen LogP contribution in [-0.4, -0.2) is 32.1 Å². The van der Waals surface area contributed by atoms with Crippen LogP contribution in [0.5, 0.6) is 0 Å². The van der Waals surface area contributed by atoms with Crippen molar-refractivity contribution in [2.24, 2.45) is 10.9 Å². The first-order valence-electron chi connectivity index (χ1n) is 9.49. The zero-order valence-electron chi connectivity index (χ0n) is 17.3. The molecule has 158 valence electrons. The molecule has 2 aromatic carbocycles. The second-order valence-electron chi connectivity index (χ2n) is 6.79. The fourth-order valence-corrected chi connectivity index (χ4v) is 2.65. The maximum absolute atomic E-state index is 11.2. The van der Waals surface area contributed by atoms with Crippen LogP contribution >= 0.6 is 24.0 Å². The average Bonchev–Trinajstić information content (AvgIpc) is 2.69. The smallest absolute Gasteiger partial charge is 0.221 e. The Morgan fingerprint density at radius 3 is 2.48 bits per heavy atom. The molecule has 0 spiro atoms. The van der Waals surface area contributed by atoms with Crippen molar-refractivity contribution in [3.8, 4) is 0 Å². The van der Waals surface area contributed by atoms with E-state index in [-0.39, 0.29) is 29.9 Å². The highest BCUT2D eigenvalue weighted by molar-refractivity contribution is 14.0. The number of carbonyl (C=O) groups excluding carboxylic acids is 1. The fourth-order valence-electron chi connectivity index (χ4n) is 2.65. The van der Waals surface area contributed by atoms with Gasteiger partial charge < -0.3 is 20.7 Å². The van der Waals surface area contributed by atoms with E-state index in [0.29, 0.717) is 25.7 Å². The number of aliphatic imine (C=N–C) groups is 1. The standard InChI is InChI=1S/C22H30N4O2.HI/c1-17(15-28-16-19-8-5-4-6-9-19)13-24-22(23-3)25-14-20-10-7-11-21(12-20)26-18(2)27;/h4-12,17H,13-16H2,1-3H3,(H,26,27)(H2,23,24,25);1H. The molecule has 0 fully saturated rings. The van der Waals surface area contributed by atoms with Gasteiger partial charge in [0.1, 0.15) is 0 Å². The minimum Gasteiger partial charge on any atom is -0.376 e. The first kappa shape index (κ1) is 24.9. The molecule has 0 radical (unpaired) electrons. The van der Waals surface area contributed by atoms with Crippen molar-refractivity contribution in [2.75, 3.05) is 25.5 Å². The predicted octanol–water partition coefficient (Wildman–Crippen LogP) is 3.78. The van der Waals surface area contributed by atoms with Gasteiger partial charge in [-0.3, -0.25) is 9.79 Å². The number of ether oxygens (including phenoxy) is 1. The fraction of sp³-hybridized carbons (Fsp3) is 0.364. The first-order chi connectivity index (χ1) is 13.6. The Labute approximate surface area is 190 Å². The Kier molecular flexibility index (Phi) is 12.0. The van der Waals surface area contributed by atoms with Crippen LogP contribution in [0.2, 0.25) is 0 Å². The topological polar surface area (TPSA) is 74.8 Å². The highest BCUT2D eigenvalue weighted by Crippen LogP contribution is 2.10. The summed E-state index contributed by atoms with van der Waals surface area (Å²) in [6.07, 6.45) is 0. The Bertz CT molecular complexity index is 768. The van der Waals surface area contributed by atoms with E-state index in [1.54, 1.807) is 7.05 Å². The molecule has 1 atom stereocenters.